The molecule has 0 aliphatic carbocycles. The van der Waals surface area contributed by atoms with E-state index in [1.807, 2.05) is 0 Å². The lowest BCUT2D eigenvalue weighted by Crippen LogP contribution is -2.17. The highest BCUT2D eigenvalue weighted by Crippen LogP contribution is 2.12. The molecule has 0 amide bonds. The quantitative estimate of drug-likeness (QED) is 0.637. The molecule has 102 valence electrons. The van der Waals surface area contributed by atoms with Gasteiger partial charge in [-0.1, -0.05) is 32.4 Å². The molecule has 0 fully saturated rings. The van der Waals surface area contributed by atoms with Crippen LogP contribution in [0.4, 0.5) is 0 Å². The predicted molar refractivity (Wildman–Crippen MR) is 78.3 cm³/mol. The fourth-order valence-corrected chi connectivity index (χ4v) is 1.79. The third kappa shape index (κ3) is 6.65. The number of rotatable bonds is 10. The van der Waals surface area contributed by atoms with E-state index in [0.717, 1.165) is 38.3 Å². The lowest BCUT2D eigenvalue weighted by Gasteiger charge is -2.07. The summed E-state index contributed by atoms with van der Waals surface area (Å²) in [5.41, 5.74) is 1.36. The average molecular weight is 249 g/mol. The third-order valence-corrected chi connectivity index (χ3v) is 3.06. The number of unbranched alkanes of at least 4 members (excludes halogenated alkanes) is 2. The minimum atomic E-state index is 0.820. The number of benzene rings is 1. The molecule has 1 N–H and O–H groups in total. The molecule has 0 saturated carbocycles. The lowest BCUT2D eigenvalue weighted by molar-refractivity contribution is 0.305. The van der Waals surface area contributed by atoms with E-state index in [1.165, 1.54) is 24.8 Å². The summed E-state index contributed by atoms with van der Waals surface area (Å²) in [7, 11) is 0. The normalized spacial score (nSPS) is 10.6. The molecule has 0 bridgehead atoms. The van der Waals surface area contributed by atoms with E-state index in [4.69, 9.17) is 4.74 Å². The molecular formula is C16H27NO. The van der Waals surface area contributed by atoms with Gasteiger partial charge in [-0.25, -0.2) is 0 Å². The fraction of sp³-hybridized carbons (Fsp3) is 0.625. The SMILES string of the molecule is CCCCNCCCCOc1ccc(CC)cc1. The van der Waals surface area contributed by atoms with Gasteiger partial charge in [-0.05, 0) is 56.5 Å². The molecule has 2 heteroatoms. The lowest BCUT2D eigenvalue weighted by atomic mass is 10.2. The van der Waals surface area contributed by atoms with E-state index in [9.17, 15) is 0 Å². The fourth-order valence-electron chi connectivity index (χ4n) is 1.79. The van der Waals surface area contributed by atoms with Gasteiger partial charge in [0, 0.05) is 0 Å². The number of hydrogen-bond donors (Lipinski definition) is 1. The van der Waals surface area contributed by atoms with Crippen molar-refractivity contribution in [1.29, 1.82) is 0 Å². The Bertz CT molecular complexity index is 294. The van der Waals surface area contributed by atoms with E-state index in [-0.39, 0.29) is 0 Å². The zero-order valence-corrected chi connectivity index (χ0v) is 11.9. The Balaban J connectivity index is 2.00. The maximum Gasteiger partial charge on any atom is 0.119 e. The van der Waals surface area contributed by atoms with E-state index in [2.05, 4.69) is 43.4 Å². The van der Waals surface area contributed by atoms with Crippen molar-refractivity contribution in [3.05, 3.63) is 29.8 Å². The number of aryl methyl sites for hydroxylation is 1. The number of hydrogen-bond acceptors (Lipinski definition) is 2. The summed E-state index contributed by atoms with van der Waals surface area (Å²) >= 11 is 0. The third-order valence-electron chi connectivity index (χ3n) is 3.06. The molecule has 0 spiro atoms. The van der Waals surface area contributed by atoms with Crippen molar-refractivity contribution in [1.82, 2.24) is 5.32 Å². The van der Waals surface area contributed by atoms with Gasteiger partial charge in [0.05, 0.1) is 6.61 Å². The molecule has 1 rings (SSSR count). The van der Waals surface area contributed by atoms with Gasteiger partial charge < -0.3 is 10.1 Å². The van der Waals surface area contributed by atoms with Crippen LogP contribution in [-0.2, 0) is 6.42 Å². The Hall–Kier alpha value is -1.02. The first-order valence-corrected chi connectivity index (χ1v) is 7.29. The summed E-state index contributed by atoms with van der Waals surface area (Å²) in [4.78, 5) is 0. The molecule has 0 aliphatic rings. The maximum atomic E-state index is 5.71. The van der Waals surface area contributed by atoms with E-state index < -0.39 is 0 Å². The molecule has 0 radical (unpaired) electrons. The van der Waals surface area contributed by atoms with Crippen molar-refractivity contribution < 1.29 is 4.74 Å². The minimum Gasteiger partial charge on any atom is -0.494 e. The van der Waals surface area contributed by atoms with Crippen LogP contribution in [0, 0.1) is 0 Å². The van der Waals surface area contributed by atoms with Crippen molar-refractivity contribution in [2.24, 2.45) is 0 Å². The number of nitrogens with one attached hydrogen (secondary N) is 1. The topological polar surface area (TPSA) is 21.3 Å². The Morgan fingerprint density at radius 2 is 1.67 bits per heavy atom. The van der Waals surface area contributed by atoms with Gasteiger partial charge in [-0.3, -0.25) is 0 Å². The highest BCUT2D eigenvalue weighted by atomic mass is 16.5. The first-order chi connectivity index (χ1) is 8.86. The predicted octanol–water partition coefficient (Wildman–Crippen LogP) is 3.80. The molecule has 2 nitrogen and oxygen atoms in total. The molecule has 0 aliphatic heterocycles. The first-order valence-electron chi connectivity index (χ1n) is 7.29. The second-order valence-corrected chi connectivity index (χ2v) is 4.66. The second-order valence-electron chi connectivity index (χ2n) is 4.66. The smallest absolute Gasteiger partial charge is 0.119 e. The van der Waals surface area contributed by atoms with Crippen molar-refractivity contribution in [2.75, 3.05) is 19.7 Å². The zero-order chi connectivity index (χ0) is 13.1. The zero-order valence-electron chi connectivity index (χ0n) is 11.9. The van der Waals surface area contributed by atoms with Gasteiger partial charge in [0.15, 0.2) is 0 Å². The first kappa shape index (κ1) is 15.0. The van der Waals surface area contributed by atoms with Crippen LogP contribution in [0.1, 0.15) is 45.1 Å². The monoisotopic (exact) mass is 249 g/mol. The molecule has 1 aromatic carbocycles. The van der Waals surface area contributed by atoms with E-state index in [1.54, 1.807) is 0 Å². The molecule has 1 aromatic rings. The summed E-state index contributed by atoms with van der Waals surface area (Å²) in [6.45, 7) is 7.47. The van der Waals surface area contributed by atoms with Gasteiger partial charge in [-0.2, -0.15) is 0 Å². The molecule has 0 atom stereocenters. The Kier molecular flexibility index (Phi) is 8.32. The molecule has 0 unspecified atom stereocenters. The van der Waals surface area contributed by atoms with E-state index in [0.29, 0.717) is 0 Å². The average Bonchev–Trinajstić information content (AvgIpc) is 2.42. The Morgan fingerprint density at radius 1 is 0.944 bits per heavy atom. The second kappa shape index (κ2) is 9.95. The molecule has 0 aromatic heterocycles. The van der Waals surface area contributed by atoms with Gasteiger partial charge in [0.1, 0.15) is 5.75 Å². The van der Waals surface area contributed by atoms with Crippen LogP contribution in [0.25, 0.3) is 0 Å². The summed E-state index contributed by atoms with van der Waals surface area (Å²) in [6.07, 6.45) is 5.94. The van der Waals surface area contributed by atoms with Crippen LogP contribution >= 0.6 is 0 Å². The van der Waals surface area contributed by atoms with E-state index >= 15 is 0 Å². The van der Waals surface area contributed by atoms with Gasteiger partial charge in [-0.15, -0.1) is 0 Å². The van der Waals surface area contributed by atoms with Crippen LogP contribution in [0.5, 0.6) is 5.75 Å². The van der Waals surface area contributed by atoms with Crippen LogP contribution < -0.4 is 10.1 Å². The van der Waals surface area contributed by atoms with Crippen molar-refractivity contribution in [3.63, 3.8) is 0 Å². The summed E-state index contributed by atoms with van der Waals surface area (Å²) in [6, 6.07) is 8.42. The minimum absolute atomic E-state index is 0.820. The maximum absolute atomic E-state index is 5.71. The summed E-state index contributed by atoms with van der Waals surface area (Å²) in [5, 5.41) is 3.44. The molecule has 18 heavy (non-hydrogen) atoms. The van der Waals surface area contributed by atoms with Crippen LogP contribution in [0.3, 0.4) is 0 Å². The van der Waals surface area contributed by atoms with Gasteiger partial charge in [0.2, 0.25) is 0 Å². The molecule has 0 heterocycles. The standard InChI is InChI=1S/C16H27NO/c1-3-5-12-17-13-6-7-14-18-16-10-8-15(4-2)9-11-16/h8-11,17H,3-7,12-14H2,1-2H3. The van der Waals surface area contributed by atoms with Crippen molar-refractivity contribution in [3.8, 4) is 5.75 Å². The highest BCUT2D eigenvalue weighted by Gasteiger charge is 1.94. The van der Waals surface area contributed by atoms with Gasteiger partial charge >= 0.3 is 0 Å². The molecular weight excluding hydrogens is 222 g/mol. The Labute approximate surface area is 112 Å². The summed E-state index contributed by atoms with van der Waals surface area (Å²) < 4.78 is 5.71. The van der Waals surface area contributed by atoms with Crippen LogP contribution in [0.15, 0.2) is 24.3 Å². The van der Waals surface area contributed by atoms with Crippen molar-refractivity contribution in [2.45, 2.75) is 46.0 Å². The van der Waals surface area contributed by atoms with Crippen molar-refractivity contribution >= 4 is 0 Å². The highest BCUT2D eigenvalue weighted by molar-refractivity contribution is 5.27. The van der Waals surface area contributed by atoms with Gasteiger partial charge in [0.25, 0.3) is 0 Å². The largest absolute Gasteiger partial charge is 0.494 e. The van der Waals surface area contributed by atoms with Crippen LogP contribution in [-0.4, -0.2) is 19.7 Å². The van der Waals surface area contributed by atoms with Crippen LogP contribution in [0.2, 0.25) is 0 Å². The molecule has 0 saturated heterocycles. The summed E-state index contributed by atoms with van der Waals surface area (Å²) in [5.74, 6) is 0.992. The Morgan fingerprint density at radius 3 is 2.33 bits per heavy atom. The number of ether oxygens (including phenoxy) is 1.